The molecule has 27 heavy (non-hydrogen) atoms. The van der Waals surface area contributed by atoms with Crippen LogP contribution in [0.4, 0.5) is 0 Å². The van der Waals surface area contributed by atoms with Gasteiger partial charge in [0.05, 0.1) is 5.69 Å². The van der Waals surface area contributed by atoms with Gasteiger partial charge in [-0.3, -0.25) is 4.79 Å². The zero-order valence-electron chi connectivity index (χ0n) is 15.8. The highest BCUT2D eigenvalue weighted by atomic mass is 16.1. The summed E-state index contributed by atoms with van der Waals surface area (Å²) in [5.74, 6) is 0. The largest absolute Gasteiger partial charge is 0.321 e. The first-order valence-corrected chi connectivity index (χ1v) is 9.55. The Kier molecular flexibility index (Phi) is 4.64. The summed E-state index contributed by atoms with van der Waals surface area (Å²) < 4.78 is 0. The summed E-state index contributed by atoms with van der Waals surface area (Å²) in [6.45, 7) is 4.30. The van der Waals surface area contributed by atoms with Gasteiger partial charge in [-0.15, -0.1) is 0 Å². The monoisotopic (exact) mass is 353 g/mol. The normalized spacial score (nSPS) is 11.0. The average Bonchev–Trinajstić information content (AvgIpc) is 2.74. The molecule has 2 nitrogen and oxygen atoms in total. The molecule has 1 N–H and O–H groups in total. The molecular formula is C25H23NO. The third-order valence-electron chi connectivity index (χ3n) is 5.23. The van der Waals surface area contributed by atoms with Gasteiger partial charge in [-0.2, -0.15) is 0 Å². The van der Waals surface area contributed by atoms with Crippen LogP contribution in [0.1, 0.15) is 25.0 Å². The topological polar surface area (TPSA) is 32.9 Å². The molecule has 0 atom stereocenters. The molecule has 0 amide bonds. The minimum Gasteiger partial charge on any atom is -0.321 e. The maximum absolute atomic E-state index is 12.7. The third-order valence-corrected chi connectivity index (χ3v) is 5.23. The van der Waals surface area contributed by atoms with Gasteiger partial charge >= 0.3 is 0 Å². The van der Waals surface area contributed by atoms with E-state index < -0.39 is 0 Å². The number of aryl methyl sites for hydroxylation is 2. The molecule has 0 fully saturated rings. The fraction of sp³-hybridized carbons (Fsp3) is 0.160. The van der Waals surface area contributed by atoms with Crippen molar-refractivity contribution < 1.29 is 0 Å². The van der Waals surface area contributed by atoms with Crippen LogP contribution < -0.4 is 5.56 Å². The van der Waals surface area contributed by atoms with E-state index in [-0.39, 0.29) is 5.56 Å². The van der Waals surface area contributed by atoms with Crippen molar-refractivity contribution in [2.24, 2.45) is 0 Å². The molecule has 0 unspecified atom stereocenters. The third kappa shape index (κ3) is 3.19. The molecule has 1 heterocycles. The molecule has 1 aromatic heterocycles. The summed E-state index contributed by atoms with van der Waals surface area (Å²) in [5.41, 5.74) is 6.66. The summed E-state index contributed by atoms with van der Waals surface area (Å²) >= 11 is 0. The van der Waals surface area contributed by atoms with Gasteiger partial charge < -0.3 is 4.98 Å². The maximum atomic E-state index is 12.7. The highest BCUT2D eigenvalue weighted by Crippen LogP contribution is 2.35. The van der Waals surface area contributed by atoms with E-state index in [1.54, 1.807) is 0 Å². The lowest BCUT2D eigenvalue weighted by atomic mass is 9.93. The number of benzene rings is 3. The van der Waals surface area contributed by atoms with Crippen LogP contribution in [-0.4, -0.2) is 4.98 Å². The minimum absolute atomic E-state index is 0.0471. The van der Waals surface area contributed by atoms with Crippen molar-refractivity contribution in [3.63, 3.8) is 0 Å². The minimum atomic E-state index is -0.0471. The zero-order valence-corrected chi connectivity index (χ0v) is 15.8. The number of nitrogens with one attached hydrogen (secondary N) is 1. The number of rotatable bonds is 4. The van der Waals surface area contributed by atoms with E-state index in [1.165, 1.54) is 11.1 Å². The van der Waals surface area contributed by atoms with Crippen LogP contribution >= 0.6 is 0 Å². The molecule has 0 aliphatic heterocycles. The first-order chi connectivity index (χ1) is 13.2. The van der Waals surface area contributed by atoms with E-state index in [4.69, 9.17) is 0 Å². The summed E-state index contributed by atoms with van der Waals surface area (Å²) in [6.07, 6.45) is 2.01. The fourth-order valence-corrected chi connectivity index (χ4v) is 3.61. The first-order valence-electron chi connectivity index (χ1n) is 9.55. The molecule has 4 rings (SSSR count). The van der Waals surface area contributed by atoms with Gasteiger partial charge in [0.25, 0.3) is 5.56 Å². The molecule has 3 aromatic carbocycles. The van der Waals surface area contributed by atoms with Crippen molar-refractivity contribution in [2.75, 3.05) is 0 Å². The average molecular weight is 353 g/mol. The van der Waals surface area contributed by atoms with Crippen molar-refractivity contribution in [1.29, 1.82) is 0 Å². The van der Waals surface area contributed by atoms with Gasteiger partial charge in [0.15, 0.2) is 0 Å². The van der Waals surface area contributed by atoms with Crippen molar-refractivity contribution in [3.8, 4) is 22.4 Å². The van der Waals surface area contributed by atoms with Crippen LogP contribution in [0.2, 0.25) is 0 Å². The summed E-state index contributed by atoms with van der Waals surface area (Å²) in [5, 5.41) is 1.71. The van der Waals surface area contributed by atoms with Crippen molar-refractivity contribution in [2.45, 2.75) is 26.7 Å². The molecule has 2 heteroatoms. The van der Waals surface area contributed by atoms with E-state index in [0.717, 1.165) is 46.0 Å². The standard InChI is InChI=1S/C25H23NO/c1-3-17-9-13-19(14-10-17)23-21-7-5-6-8-22(21)25(27)26-24(23)20-15-11-18(4-2)12-16-20/h5-16H,3-4H2,1-2H3,(H,26,27). The van der Waals surface area contributed by atoms with Crippen LogP contribution in [0, 0.1) is 0 Å². The molecule has 0 aliphatic carbocycles. The number of H-pyrrole nitrogens is 1. The Morgan fingerprint density at radius 3 is 1.74 bits per heavy atom. The molecule has 0 radical (unpaired) electrons. The number of aromatic amines is 1. The summed E-state index contributed by atoms with van der Waals surface area (Å²) in [7, 11) is 0. The molecule has 0 spiro atoms. The number of hydrogen-bond acceptors (Lipinski definition) is 1. The highest BCUT2D eigenvalue weighted by Gasteiger charge is 2.14. The number of hydrogen-bond donors (Lipinski definition) is 1. The van der Waals surface area contributed by atoms with E-state index >= 15 is 0 Å². The molecule has 0 aliphatic rings. The van der Waals surface area contributed by atoms with E-state index in [2.05, 4.69) is 67.4 Å². The fourth-order valence-electron chi connectivity index (χ4n) is 3.61. The Morgan fingerprint density at radius 1 is 0.667 bits per heavy atom. The van der Waals surface area contributed by atoms with Crippen molar-refractivity contribution >= 4 is 10.8 Å². The quantitative estimate of drug-likeness (QED) is 0.480. The second kappa shape index (κ2) is 7.24. The van der Waals surface area contributed by atoms with Gasteiger partial charge in [-0.25, -0.2) is 0 Å². The summed E-state index contributed by atoms with van der Waals surface area (Å²) in [6, 6.07) is 24.9. The first kappa shape index (κ1) is 17.3. The number of fused-ring (bicyclic) bond motifs is 1. The van der Waals surface area contributed by atoms with Gasteiger partial charge in [-0.05, 0) is 46.5 Å². The molecule has 0 saturated heterocycles. The van der Waals surface area contributed by atoms with E-state index in [1.807, 2.05) is 24.3 Å². The van der Waals surface area contributed by atoms with E-state index in [0.29, 0.717) is 0 Å². The van der Waals surface area contributed by atoms with Gasteiger partial charge in [0.2, 0.25) is 0 Å². The lowest BCUT2D eigenvalue weighted by molar-refractivity contribution is 1.14. The molecule has 0 saturated carbocycles. The SMILES string of the molecule is CCc1ccc(-c2[nH]c(=O)c3ccccc3c2-c2ccc(CC)cc2)cc1. The number of aromatic nitrogens is 1. The van der Waals surface area contributed by atoms with Crippen molar-refractivity contribution in [1.82, 2.24) is 4.98 Å². The second-order valence-corrected chi connectivity index (χ2v) is 6.85. The van der Waals surface area contributed by atoms with Crippen LogP contribution in [-0.2, 0) is 12.8 Å². The second-order valence-electron chi connectivity index (χ2n) is 6.85. The Bertz CT molecular complexity index is 1140. The smallest absolute Gasteiger partial charge is 0.256 e. The van der Waals surface area contributed by atoms with Crippen LogP contribution in [0.25, 0.3) is 33.2 Å². The molecule has 4 aromatic rings. The van der Waals surface area contributed by atoms with Crippen LogP contribution in [0.15, 0.2) is 77.6 Å². The van der Waals surface area contributed by atoms with Crippen LogP contribution in [0.3, 0.4) is 0 Å². The highest BCUT2D eigenvalue weighted by molar-refractivity contribution is 6.02. The van der Waals surface area contributed by atoms with Gasteiger partial charge in [0.1, 0.15) is 0 Å². The predicted octanol–water partition coefficient (Wildman–Crippen LogP) is 5.99. The summed E-state index contributed by atoms with van der Waals surface area (Å²) in [4.78, 5) is 15.9. The van der Waals surface area contributed by atoms with Gasteiger partial charge in [0, 0.05) is 10.9 Å². The number of pyridine rings is 1. The Balaban J connectivity index is 2.03. The zero-order chi connectivity index (χ0) is 18.8. The molecule has 134 valence electrons. The van der Waals surface area contributed by atoms with Crippen molar-refractivity contribution in [3.05, 3.63) is 94.3 Å². The predicted molar refractivity (Wildman–Crippen MR) is 114 cm³/mol. The Morgan fingerprint density at radius 2 is 1.19 bits per heavy atom. The lowest BCUT2D eigenvalue weighted by Gasteiger charge is -2.14. The Hall–Kier alpha value is -3.13. The maximum Gasteiger partial charge on any atom is 0.256 e. The van der Waals surface area contributed by atoms with Gasteiger partial charge in [-0.1, -0.05) is 80.6 Å². The molecular weight excluding hydrogens is 330 g/mol. The lowest BCUT2D eigenvalue weighted by Crippen LogP contribution is -2.09. The van der Waals surface area contributed by atoms with E-state index in [9.17, 15) is 4.79 Å². The molecule has 0 bridgehead atoms. The van der Waals surface area contributed by atoms with Crippen LogP contribution in [0.5, 0.6) is 0 Å². The Labute approximate surface area is 159 Å².